The predicted octanol–water partition coefficient (Wildman–Crippen LogP) is 0.483. The van der Waals surface area contributed by atoms with Crippen LogP contribution in [0, 0.1) is 0 Å². The van der Waals surface area contributed by atoms with Crippen LogP contribution in [0.1, 0.15) is 19.8 Å². The molecule has 0 radical (unpaired) electrons. The second-order valence-corrected chi connectivity index (χ2v) is 2.70. The summed E-state index contributed by atoms with van der Waals surface area (Å²) >= 11 is 0. The first-order valence-electron chi connectivity index (χ1n) is 3.28. The van der Waals surface area contributed by atoms with Crippen molar-refractivity contribution < 1.29 is 4.74 Å². The topological polar surface area (TPSA) is 21.3 Å². The number of nitrogens with one attached hydrogen (secondary N) is 1. The highest BCUT2D eigenvalue weighted by Gasteiger charge is 2.37. The maximum absolute atomic E-state index is 5.47. The van der Waals surface area contributed by atoms with Crippen molar-refractivity contribution in [3.8, 4) is 0 Å². The summed E-state index contributed by atoms with van der Waals surface area (Å²) in [6.45, 7) is 2.18. The summed E-state index contributed by atoms with van der Waals surface area (Å²) in [7, 11) is 0. The number of ether oxygens (including phenoxy) is 1. The molecule has 0 aromatic carbocycles. The Balaban J connectivity index is 2.11. The Morgan fingerprint density at radius 2 is 2.38 bits per heavy atom. The first-order valence-corrected chi connectivity index (χ1v) is 3.28. The number of hydrogen-bond acceptors (Lipinski definition) is 2. The van der Waals surface area contributed by atoms with E-state index in [4.69, 9.17) is 4.74 Å². The molecule has 2 heteroatoms. The van der Waals surface area contributed by atoms with E-state index >= 15 is 0 Å². The molecule has 0 aromatic rings. The Labute approximate surface area is 49.2 Å². The van der Waals surface area contributed by atoms with Gasteiger partial charge >= 0.3 is 0 Å². The number of fused-ring (bicyclic) bond motifs is 2. The third-order valence-electron chi connectivity index (χ3n) is 2.06. The van der Waals surface area contributed by atoms with E-state index in [9.17, 15) is 0 Å². The Kier molecular flexibility index (Phi) is 0.866. The molecule has 0 aromatic heterocycles. The van der Waals surface area contributed by atoms with Crippen LogP contribution in [-0.2, 0) is 4.74 Å². The molecule has 2 bridgehead atoms. The van der Waals surface area contributed by atoms with Crippen LogP contribution in [0.5, 0.6) is 0 Å². The van der Waals surface area contributed by atoms with Crippen molar-refractivity contribution in [1.29, 1.82) is 0 Å². The van der Waals surface area contributed by atoms with Gasteiger partial charge in [-0.1, -0.05) is 0 Å². The van der Waals surface area contributed by atoms with E-state index in [0.29, 0.717) is 18.4 Å². The summed E-state index contributed by atoms with van der Waals surface area (Å²) in [5, 5.41) is 3.33. The van der Waals surface area contributed by atoms with Gasteiger partial charge in [-0.2, -0.15) is 0 Å². The fourth-order valence-electron chi connectivity index (χ4n) is 1.55. The Hall–Kier alpha value is -0.0800. The minimum Gasteiger partial charge on any atom is -0.359 e. The molecular formula is C6H11NO. The average Bonchev–Trinajstić information content (AvgIpc) is 2.23. The lowest BCUT2D eigenvalue weighted by molar-refractivity contribution is 0.0970. The fraction of sp³-hybridized carbons (Fsp3) is 1.00. The van der Waals surface area contributed by atoms with Crippen molar-refractivity contribution in [1.82, 2.24) is 5.32 Å². The van der Waals surface area contributed by atoms with Gasteiger partial charge in [0.05, 0.1) is 6.10 Å². The normalized spacial score (nSPS) is 52.9. The molecule has 2 rings (SSSR count). The van der Waals surface area contributed by atoms with Gasteiger partial charge in [0.1, 0.15) is 6.23 Å². The van der Waals surface area contributed by atoms with E-state index in [1.54, 1.807) is 0 Å². The molecule has 3 unspecified atom stereocenters. The van der Waals surface area contributed by atoms with Crippen LogP contribution in [0.25, 0.3) is 0 Å². The molecule has 0 spiro atoms. The van der Waals surface area contributed by atoms with Crippen LogP contribution in [0.4, 0.5) is 0 Å². The molecule has 0 aliphatic carbocycles. The maximum Gasteiger partial charge on any atom is 0.108 e. The molecule has 8 heavy (non-hydrogen) atoms. The van der Waals surface area contributed by atoms with Crippen molar-refractivity contribution in [3.63, 3.8) is 0 Å². The molecule has 0 amide bonds. The molecule has 2 saturated heterocycles. The molecule has 0 saturated carbocycles. The Bertz CT molecular complexity index is 103. The van der Waals surface area contributed by atoms with E-state index in [0.717, 1.165) is 0 Å². The zero-order valence-electron chi connectivity index (χ0n) is 5.05. The fourth-order valence-corrected chi connectivity index (χ4v) is 1.55. The van der Waals surface area contributed by atoms with Gasteiger partial charge in [-0.3, -0.25) is 5.32 Å². The first kappa shape index (κ1) is 4.77. The lowest BCUT2D eigenvalue weighted by Gasteiger charge is -2.13. The van der Waals surface area contributed by atoms with Crippen LogP contribution in [0.2, 0.25) is 0 Å². The van der Waals surface area contributed by atoms with E-state index in [1.165, 1.54) is 12.8 Å². The van der Waals surface area contributed by atoms with Crippen LogP contribution >= 0.6 is 0 Å². The van der Waals surface area contributed by atoms with Gasteiger partial charge in [0.15, 0.2) is 0 Å². The van der Waals surface area contributed by atoms with E-state index in [-0.39, 0.29) is 0 Å². The summed E-state index contributed by atoms with van der Waals surface area (Å²) in [5.74, 6) is 0. The summed E-state index contributed by atoms with van der Waals surface area (Å²) in [6.07, 6.45) is 3.41. The van der Waals surface area contributed by atoms with Crippen molar-refractivity contribution in [2.45, 2.75) is 38.1 Å². The van der Waals surface area contributed by atoms with Crippen molar-refractivity contribution in [3.05, 3.63) is 0 Å². The SMILES string of the molecule is CC1NC2CCC1O2. The summed E-state index contributed by atoms with van der Waals surface area (Å²) in [6, 6.07) is 0.605. The van der Waals surface area contributed by atoms with Crippen LogP contribution in [-0.4, -0.2) is 18.4 Å². The zero-order chi connectivity index (χ0) is 5.56. The quantitative estimate of drug-likeness (QED) is 0.493. The third-order valence-corrected chi connectivity index (χ3v) is 2.06. The minimum absolute atomic E-state index is 0.398. The number of rotatable bonds is 0. The minimum atomic E-state index is 0.398. The van der Waals surface area contributed by atoms with Crippen molar-refractivity contribution >= 4 is 0 Å². The van der Waals surface area contributed by atoms with Crippen molar-refractivity contribution in [2.75, 3.05) is 0 Å². The van der Waals surface area contributed by atoms with Crippen LogP contribution in [0.15, 0.2) is 0 Å². The second-order valence-electron chi connectivity index (χ2n) is 2.70. The predicted molar refractivity (Wildman–Crippen MR) is 30.5 cm³/mol. The van der Waals surface area contributed by atoms with E-state index < -0.39 is 0 Å². The lowest BCUT2D eigenvalue weighted by Crippen LogP contribution is -2.34. The zero-order valence-corrected chi connectivity index (χ0v) is 5.05. The van der Waals surface area contributed by atoms with Gasteiger partial charge in [-0.15, -0.1) is 0 Å². The molecule has 1 N–H and O–H groups in total. The third kappa shape index (κ3) is 0.501. The van der Waals surface area contributed by atoms with Gasteiger partial charge in [-0.25, -0.2) is 0 Å². The van der Waals surface area contributed by atoms with Gasteiger partial charge in [-0.05, 0) is 19.8 Å². The standard InChI is InChI=1S/C6H11NO/c1-4-5-2-3-6(7-4)8-5/h4-7H,2-3H2,1H3. The maximum atomic E-state index is 5.47. The molecule has 2 heterocycles. The van der Waals surface area contributed by atoms with Gasteiger partial charge < -0.3 is 4.74 Å². The number of piperidine rings is 1. The molecule has 3 atom stereocenters. The van der Waals surface area contributed by atoms with Crippen LogP contribution in [0.3, 0.4) is 0 Å². The smallest absolute Gasteiger partial charge is 0.108 e. The lowest BCUT2D eigenvalue weighted by atomic mass is 10.1. The second kappa shape index (κ2) is 1.45. The number of hydrogen-bond donors (Lipinski definition) is 1. The summed E-state index contributed by atoms with van der Waals surface area (Å²) in [5.41, 5.74) is 0. The van der Waals surface area contributed by atoms with Crippen LogP contribution < -0.4 is 5.32 Å². The first-order chi connectivity index (χ1) is 3.86. The van der Waals surface area contributed by atoms with Crippen molar-refractivity contribution in [2.24, 2.45) is 0 Å². The Morgan fingerprint density at radius 1 is 1.50 bits per heavy atom. The monoisotopic (exact) mass is 113 g/mol. The van der Waals surface area contributed by atoms with Gasteiger partial charge in [0.25, 0.3) is 0 Å². The van der Waals surface area contributed by atoms with E-state index in [2.05, 4.69) is 12.2 Å². The van der Waals surface area contributed by atoms with E-state index in [1.807, 2.05) is 0 Å². The van der Waals surface area contributed by atoms with Gasteiger partial charge in [0, 0.05) is 6.04 Å². The highest BCUT2D eigenvalue weighted by atomic mass is 16.5. The highest BCUT2D eigenvalue weighted by molar-refractivity contribution is 4.88. The highest BCUT2D eigenvalue weighted by Crippen LogP contribution is 2.27. The molecule has 2 nitrogen and oxygen atoms in total. The Morgan fingerprint density at radius 3 is 2.62 bits per heavy atom. The van der Waals surface area contributed by atoms with Gasteiger partial charge in [0.2, 0.25) is 0 Å². The molecule has 2 fully saturated rings. The molecule has 2 aliphatic heterocycles. The largest absolute Gasteiger partial charge is 0.359 e. The molecular weight excluding hydrogens is 102 g/mol. The average molecular weight is 113 g/mol. The summed E-state index contributed by atoms with van der Waals surface area (Å²) in [4.78, 5) is 0. The molecule has 2 aliphatic rings. The molecule has 46 valence electrons. The summed E-state index contributed by atoms with van der Waals surface area (Å²) < 4.78 is 5.47.